The lowest BCUT2D eigenvalue weighted by molar-refractivity contribution is -0.143. The van der Waals surface area contributed by atoms with E-state index >= 15 is 0 Å². The van der Waals surface area contributed by atoms with E-state index < -0.39 is 30.3 Å². The van der Waals surface area contributed by atoms with Crippen molar-refractivity contribution in [1.29, 1.82) is 0 Å². The molecule has 1 heterocycles. The van der Waals surface area contributed by atoms with Gasteiger partial charge in [0.05, 0.1) is 6.04 Å². The number of benzene rings is 1. The van der Waals surface area contributed by atoms with E-state index in [0.29, 0.717) is 11.3 Å². The van der Waals surface area contributed by atoms with Crippen LogP contribution in [0.25, 0.3) is 0 Å². The fraction of sp³-hybridized carbons (Fsp3) is 0.294. The second-order valence-electron chi connectivity index (χ2n) is 5.46. The number of carbonyl (C=O) groups is 4. The normalized spacial score (nSPS) is 15.5. The first-order chi connectivity index (χ1) is 11.9. The number of hydrogen-bond acceptors (Lipinski definition) is 4. The summed E-state index contributed by atoms with van der Waals surface area (Å²) in [4.78, 5) is 49.4. The van der Waals surface area contributed by atoms with Crippen LogP contribution in [0.3, 0.4) is 0 Å². The van der Waals surface area contributed by atoms with E-state index in [0.717, 1.165) is 14.9 Å². The van der Waals surface area contributed by atoms with Gasteiger partial charge in [0.1, 0.15) is 6.54 Å². The monoisotopic (exact) mass is 407 g/mol. The highest BCUT2D eigenvalue weighted by atomic mass is 79.9. The Morgan fingerprint density at radius 3 is 2.36 bits per heavy atom. The molecule has 5 amide bonds. The van der Waals surface area contributed by atoms with Crippen LogP contribution in [0.2, 0.25) is 0 Å². The molecule has 8 heteroatoms. The maximum absolute atomic E-state index is 12.3. The molecule has 1 atom stereocenters. The van der Waals surface area contributed by atoms with Crippen LogP contribution in [-0.4, -0.2) is 46.6 Å². The first kappa shape index (κ1) is 18.9. The van der Waals surface area contributed by atoms with Gasteiger partial charge in [-0.25, -0.2) is 9.69 Å². The molecule has 7 nitrogen and oxygen atoms in total. The van der Waals surface area contributed by atoms with E-state index in [1.54, 1.807) is 0 Å². The lowest BCUT2D eigenvalue weighted by atomic mass is 10.0. The fourth-order valence-corrected chi connectivity index (χ4v) is 2.74. The summed E-state index contributed by atoms with van der Waals surface area (Å²) in [6.07, 6.45) is 1.98. The van der Waals surface area contributed by atoms with Crippen LogP contribution < -0.4 is 5.32 Å². The van der Waals surface area contributed by atoms with E-state index in [2.05, 4.69) is 27.8 Å². The molecular formula is C17H18BrN3O4. The molecule has 2 rings (SSSR count). The molecule has 1 aromatic rings. The summed E-state index contributed by atoms with van der Waals surface area (Å²) in [6.45, 7) is 4.78. The van der Waals surface area contributed by atoms with Crippen LogP contribution in [0.4, 0.5) is 4.79 Å². The summed E-state index contributed by atoms with van der Waals surface area (Å²) in [7, 11) is 0. The minimum Gasteiger partial charge on any atom is -0.348 e. The molecule has 25 heavy (non-hydrogen) atoms. The molecule has 1 aliphatic rings. The van der Waals surface area contributed by atoms with Crippen molar-refractivity contribution in [1.82, 2.24) is 15.1 Å². The minimum absolute atomic E-state index is 0.0714. The maximum Gasteiger partial charge on any atom is 0.335 e. The van der Waals surface area contributed by atoms with E-state index in [-0.39, 0.29) is 12.6 Å². The molecule has 0 saturated carbocycles. The number of nitrogens with one attached hydrogen (secondary N) is 1. The highest BCUT2D eigenvalue weighted by Gasteiger charge is 2.44. The summed E-state index contributed by atoms with van der Waals surface area (Å²) in [6, 6.07) is 6.42. The van der Waals surface area contributed by atoms with Crippen LogP contribution in [0.5, 0.6) is 0 Å². The summed E-state index contributed by atoms with van der Waals surface area (Å²) >= 11 is 3.35. The predicted molar refractivity (Wildman–Crippen MR) is 94.3 cm³/mol. The van der Waals surface area contributed by atoms with Crippen molar-refractivity contribution in [2.75, 3.05) is 13.1 Å². The average Bonchev–Trinajstić information content (AvgIpc) is 2.79. The molecule has 1 N–H and O–H groups in total. The van der Waals surface area contributed by atoms with E-state index in [1.807, 2.05) is 31.2 Å². The molecule has 0 spiro atoms. The van der Waals surface area contributed by atoms with Crippen LogP contribution in [0, 0.1) is 0 Å². The van der Waals surface area contributed by atoms with Crippen LogP contribution in [-0.2, 0) is 14.4 Å². The van der Waals surface area contributed by atoms with Gasteiger partial charge in [-0.2, -0.15) is 0 Å². The van der Waals surface area contributed by atoms with Gasteiger partial charge in [0.15, 0.2) is 0 Å². The predicted octanol–water partition coefficient (Wildman–Crippen LogP) is 1.99. The number of carbonyl (C=O) groups excluding carboxylic acids is 4. The lowest BCUT2D eigenvalue weighted by Gasteiger charge is -2.19. The third-order valence-corrected chi connectivity index (χ3v) is 4.29. The Bertz CT molecular complexity index is 717. The van der Waals surface area contributed by atoms with Crippen LogP contribution in [0.1, 0.15) is 24.9 Å². The van der Waals surface area contributed by atoms with E-state index in [1.165, 1.54) is 6.08 Å². The molecule has 1 aliphatic heterocycles. The van der Waals surface area contributed by atoms with Gasteiger partial charge in [-0.05, 0) is 24.1 Å². The maximum atomic E-state index is 12.3. The van der Waals surface area contributed by atoms with Crippen molar-refractivity contribution >= 4 is 39.7 Å². The van der Waals surface area contributed by atoms with Gasteiger partial charge in [-0.15, -0.1) is 6.58 Å². The molecule has 1 saturated heterocycles. The van der Waals surface area contributed by atoms with Crippen molar-refractivity contribution < 1.29 is 19.2 Å². The highest BCUT2D eigenvalue weighted by Crippen LogP contribution is 2.19. The second kappa shape index (κ2) is 8.06. The Kier molecular flexibility index (Phi) is 6.08. The van der Waals surface area contributed by atoms with E-state index in [9.17, 15) is 19.2 Å². The third kappa shape index (κ3) is 4.14. The summed E-state index contributed by atoms with van der Waals surface area (Å²) in [5.41, 5.74) is 0.905. The molecule has 0 radical (unpaired) electrons. The van der Waals surface area contributed by atoms with Gasteiger partial charge in [-0.1, -0.05) is 41.1 Å². The van der Waals surface area contributed by atoms with Gasteiger partial charge in [0, 0.05) is 11.0 Å². The smallest absolute Gasteiger partial charge is 0.335 e. The number of hydrogen-bond donors (Lipinski definition) is 1. The zero-order chi connectivity index (χ0) is 18.6. The lowest BCUT2D eigenvalue weighted by Crippen LogP contribution is -2.42. The highest BCUT2D eigenvalue weighted by molar-refractivity contribution is 9.10. The van der Waals surface area contributed by atoms with Crippen molar-refractivity contribution in [3.05, 3.63) is 47.0 Å². The Labute approximate surface area is 153 Å². The largest absolute Gasteiger partial charge is 0.348 e. The molecule has 1 fully saturated rings. The van der Waals surface area contributed by atoms with Gasteiger partial charge in [0.2, 0.25) is 5.91 Å². The SMILES string of the molecule is C=CCN1C(=O)C(=O)N(CC(=O)N[C@H](CC)c2ccc(Br)cc2)C1=O. The summed E-state index contributed by atoms with van der Waals surface area (Å²) in [5, 5.41) is 2.78. The number of nitrogens with zero attached hydrogens (tertiary/aromatic N) is 2. The van der Waals surface area contributed by atoms with Crippen molar-refractivity contribution in [2.45, 2.75) is 19.4 Å². The number of imide groups is 2. The molecule has 1 aromatic carbocycles. The number of rotatable bonds is 7. The van der Waals surface area contributed by atoms with Crippen molar-refractivity contribution in [2.24, 2.45) is 0 Å². The van der Waals surface area contributed by atoms with Crippen molar-refractivity contribution in [3.63, 3.8) is 0 Å². The number of halogens is 1. The van der Waals surface area contributed by atoms with E-state index in [4.69, 9.17) is 0 Å². The summed E-state index contributed by atoms with van der Waals surface area (Å²) in [5.74, 6) is -2.46. The fourth-order valence-electron chi connectivity index (χ4n) is 2.48. The van der Waals surface area contributed by atoms with Crippen molar-refractivity contribution in [3.8, 4) is 0 Å². The Hall–Kier alpha value is -2.48. The number of urea groups is 1. The molecule has 0 aliphatic carbocycles. The number of amides is 5. The molecular weight excluding hydrogens is 390 g/mol. The second-order valence-corrected chi connectivity index (χ2v) is 6.37. The van der Waals surface area contributed by atoms with Gasteiger partial charge >= 0.3 is 17.8 Å². The van der Waals surface area contributed by atoms with Gasteiger partial charge < -0.3 is 5.32 Å². The Balaban J connectivity index is 2.04. The van der Waals surface area contributed by atoms with Crippen LogP contribution in [0.15, 0.2) is 41.4 Å². The molecule has 0 aromatic heterocycles. The van der Waals surface area contributed by atoms with Gasteiger partial charge in [0.25, 0.3) is 0 Å². The Morgan fingerprint density at radius 2 is 1.80 bits per heavy atom. The topological polar surface area (TPSA) is 86.8 Å². The standard InChI is InChI=1S/C17H18BrN3O4/c1-3-9-20-15(23)16(24)21(17(20)25)10-14(22)19-13(4-2)11-5-7-12(18)8-6-11/h3,5-8,13H,1,4,9-10H2,2H3,(H,19,22)/t13-/m1/s1. The molecule has 0 unspecified atom stereocenters. The summed E-state index contributed by atoms with van der Waals surface area (Å²) < 4.78 is 0.923. The first-order valence-electron chi connectivity index (χ1n) is 7.72. The quantitative estimate of drug-likeness (QED) is 0.425. The first-order valence-corrected chi connectivity index (χ1v) is 8.51. The Morgan fingerprint density at radius 1 is 1.20 bits per heavy atom. The third-order valence-electron chi connectivity index (χ3n) is 3.76. The average molecular weight is 408 g/mol. The zero-order valence-corrected chi connectivity index (χ0v) is 15.3. The molecule has 0 bridgehead atoms. The molecule has 132 valence electrons. The van der Waals surface area contributed by atoms with Crippen LogP contribution >= 0.6 is 15.9 Å². The van der Waals surface area contributed by atoms with Gasteiger partial charge in [-0.3, -0.25) is 19.3 Å². The zero-order valence-electron chi connectivity index (χ0n) is 13.7. The minimum atomic E-state index is -1.00.